The van der Waals surface area contributed by atoms with Crippen molar-refractivity contribution in [2.24, 2.45) is 5.73 Å². The summed E-state index contributed by atoms with van der Waals surface area (Å²) < 4.78 is 11.6. The molecule has 1 heterocycles. The highest BCUT2D eigenvalue weighted by Crippen LogP contribution is 2.34. The van der Waals surface area contributed by atoms with E-state index in [0.29, 0.717) is 18.5 Å². The second-order valence-electron chi connectivity index (χ2n) is 5.34. The molecule has 0 radical (unpaired) electrons. The lowest BCUT2D eigenvalue weighted by Crippen LogP contribution is -2.24. The minimum absolute atomic E-state index is 0.290. The van der Waals surface area contributed by atoms with Gasteiger partial charge in [-0.2, -0.15) is 0 Å². The molecule has 0 aliphatic heterocycles. The van der Waals surface area contributed by atoms with Crippen LogP contribution < -0.4 is 15.2 Å². The maximum Gasteiger partial charge on any atom is 0.257 e. The van der Waals surface area contributed by atoms with Crippen molar-refractivity contribution < 1.29 is 9.47 Å². The van der Waals surface area contributed by atoms with Gasteiger partial charge < -0.3 is 15.2 Å². The van der Waals surface area contributed by atoms with Gasteiger partial charge in [-0.15, -0.1) is 0 Å². The molecule has 1 aromatic rings. The van der Waals surface area contributed by atoms with E-state index >= 15 is 0 Å². The summed E-state index contributed by atoms with van der Waals surface area (Å²) in [6, 6.07) is 3.78. The molecule has 0 bridgehead atoms. The molecule has 0 amide bonds. The molecular weight excluding hydrogens is 216 g/mol. The minimum Gasteiger partial charge on any atom is -0.485 e. The Hall–Kier alpha value is -1.29. The number of nitrogens with two attached hydrogens (primary N) is 1. The van der Waals surface area contributed by atoms with E-state index in [4.69, 9.17) is 15.2 Å². The van der Waals surface area contributed by atoms with Crippen molar-refractivity contribution in [3.63, 3.8) is 0 Å². The van der Waals surface area contributed by atoms with Crippen LogP contribution in [0.3, 0.4) is 0 Å². The normalized spacial score (nSPS) is 15.8. The largest absolute Gasteiger partial charge is 0.485 e. The van der Waals surface area contributed by atoms with Crippen molar-refractivity contribution in [2.75, 3.05) is 0 Å². The maximum atomic E-state index is 5.81. The highest BCUT2D eigenvalue weighted by Gasteiger charge is 2.26. The van der Waals surface area contributed by atoms with E-state index in [1.54, 1.807) is 0 Å². The molecule has 0 unspecified atom stereocenters. The molecular formula is C13H20N2O2. The number of rotatable bonds is 4. The zero-order chi connectivity index (χ0) is 12.5. The summed E-state index contributed by atoms with van der Waals surface area (Å²) in [6.07, 6.45) is 2.57. The van der Waals surface area contributed by atoms with E-state index in [9.17, 15) is 0 Å². The van der Waals surface area contributed by atoms with Gasteiger partial charge in [0.1, 0.15) is 5.60 Å². The predicted octanol–water partition coefficient (Wildman–Crippen LogP) is 2.26. The first kappa shape index (κ1) is 12.2. The summed E-state index contributed by atoms with van der Waals surface area (Å²) >= 11 is 0. The highest BCUT2D eigenvalue weighted by atomic mass is 16.5. The van der Waals surface area contributed by atoms with Crippen LogP contribution in [0, 0.1) is 0 Å². The van der Waals surface area contributed by atoms with Crippen LogP contribution in [0.1, 0.15) is 39.3 Å². The Morgan fingerprint density at radius 2 is 2.06 bits per heavy atom. The van der Waals surface area contributed by atoms with Crippen molar-refractivity contribution in [1.82, 2.24) is 4.98 Å². The molecule has 17 heavy (non-hydrogen) atoms. The van der Waals surface area contributed by atoms with Crippen molar-refractivity contribution in [2.45, 2.75) is 51.9 Å². The molecule has 1 saturated carbocycles. The molecule has 2 N–H and O–H groups in total. The topological polar surface area (TPSA) is 57.4 Å². The van der Waals surface area contributed by atoms with Gasteiger partial charge in [0.15, 0.2) is 5.75 Å². The summed E-state index contributed by atoms with van der Waals surface area (Å²) in [5.74, 6) is 1.27. The van der Waals surface area contributed by atoms with E-state index in [0.717, 1.165) is 24.3 Å². The second kappa shape index (κ2) is 4.53. The molecule has 1 aliphatic carbocycles. The van der Waals surface area contributed by atoms with E-state index in [1.165, 1.54) is 0 Å². The average molecular weight is 236 g/mol. The standard InChI is InChI=1S/C13H20N2O2/c1-13(2,3)17-12-11(16-10-5-6-10)7-4-9(8-14)15-12/h4,7,10H,5-6,8,14H2,1-3H3. The third kappa shape index (κ3) is 3.60. The maximum absolute atomic E-state index is 5.81. The lowest BCUT2D eigenvalue weighted by atomic mass is 10.2. The Balaban J connectivity index is 2.22. The fourth-order valence-electron chi connectivity index (χ4n) is 1.40. The first-order valence-corrected chi connectivity index (χ1v) is 6.03. The number of hydrogen-bond acceptors (Lipinski definition) is 4. The molecule has 94 valence electrons. The Morgan fingerprint density at radius 3 is 2.59 bits per heavy atom. The number of nitrogens with zero attached hydrogens (tertiary/aromatic N) is 1. The monoisotopic (exact) mass is 236 g/mol. The van der Waals surface area contributed by atoms with Crippen molar-refractivity contribution in [3.8, 4) is 11.6 Å². The number of ether oxygens (including phenoxy) is 2. The van der Waals surface area contributed by atoms with E-state index in [-0.39, 0.29) is 5.60 Å². The van der Waals surface area contributed by atoms with Gasteiger partial charge in [-0.05, 0) is 45.7 Å². The Kier molecular flexibility index (Phi) is 3.24. The van der Waals surface area contributed by atoms with Gasteiger partial charge in [0, 0.05) is 6.54 Å². The predicted molar refractivity (Wildman–Crippen MR) is 66.2 cm³/mol. The number of pyridine rings is 1. The molecule has 0 atom stereocenters. The summed E-state index contributed by atoms with van der Waals surface area (Å²) in [7, 11) is 0. The third-order valence-corrected chi connectivity index (χ3v) is 2.31. The van der Waals surface area contributed by atoms with Crippen LogP contribution in [-0.4, -0.2) is 16.7 Å². The number of hydrogen-bond donors (Lipinski definition) is 1. The quantitative estimate of drug-likeness (QED) is 0.871. The fourth-order valence-corrected chi connectivity index (χ4v) is 1.40. The smallest absolute Gasteiger partial charge is 0.257 e. The van der Waals surface area contributed by atoms with Crippen LogP contribution in [0.15, 0.2) is 12.1 Å². The van der Waals surface area contributed by atoms with Gasteiger partial charge in [-0.25, -0.2) is 4.98 Å². The Bertz CT molecular complexity index is 395. The summed E-state index contributed by atoms with van der Waals surface area (Å²) in [5.41, 5.74) is 6.11. The minimum atomic E-state index is -0.290. The Labute approximate surface area is 102 Å². The first-order chi connectivity index (χ1) is 7.98. The zero-order valence-electron chi connectivity index (χ0n) is 10.7. The van der Waals surface area contributed by atoms with E-state index in [2.05, 4.69) is 4.98 Å². The molecule has 4 heteroatoms. The van der Waals surface area contributed by atoms with Crippen molar-refractivity contribution >= 4 is 0 Å². The van der Waals surface area contributed by atoms with Crippen molar-refractivity contribution in [3.05, 3.63) is 17.8 Å². The molecule has 0 spiro atoms. The molecule has 4 nitrogen and oxygen atoms in total. The summed E-state index contributed by atoms with van der Waals surface area (Å²) in [6.45, 7) is 6.38. The van der Waals surface area contributed by atoms with Gasteiger partial charge in [0.2, 0.25) is 0 Å². The van der Waals surface area contributed by atoms with Gasteiger partial charge >= 0.3 is 0 Å². The van der Waals surface area contributed by atoms with Gasteiger partial charge in [0.05, 0.1) is 11.8 Å². The van der Waals surface area contributed by atoms with Gasteiger partial charge in [-0.3, -0.25) is 0 Å². The highest BCUT2D eigenvalue weighted by molar-refractivity contribution is 5.35. The average Bonchev–Trinajstić information content (AvgIpc) is 3.02. The van der Waals surface area contributed by atoms with Crippen LogP contribution in [0.5, 0.6) is 11.6 Å². The van der Waals surface area contributed by atoms with Gasteiger partial charge in [-0.1, -0.05) is 0 Å². The lowest BCUT2D eigenvalue weighted by Gasteiger charge is -2.22. The molecule has 2 rings (SSSR count). The fraction of sp³-hybridized carbons (Fsp3) is 0.615. The zero-order valence-corrected chi connectivity index (χ0v) is 10.7. The van der Waals surface area contributed by atoms with Crippen molar-refractivity contribution in [1.29, 1.82) is 0 Å². The summed E-state index contributed by atoms with van der Waals surface area (Å²) in [5, 5.41) is 0. The van der Waals surface area contributed by atoms with Crippen LogP contribution in [0.4, 0.5) is 0 Å². The van der Waals surface area contributed by atoms with Crippen LogP contribution in [0.25, 0.3) is 0 Å². The number of aromatic nitrogens is 1. The molecule has 1 aliphatic rings. The van der Waals surface area contributed by atoms with Gasteiger partial charge in [0.25, 0.3) is 5.88 Å². The lowest BCUT2D eigenvalue weighted by molar-refractivity contribution is 0.115. The summed E-state index contributed by atoms with van der Waals surface area (Å²) in [4.78, 5) is 4.39. The second-order valence-corrected chi connectivity index (χ2v) is 5.34. The molecule has 0 aromatic carbocycles. The van der Waals surface area contributed by atoms with E-state index < -0.39 is 0 Å². The molecule has 1 fully saturated rings. The SMILES string of the molecule is CC(C)(C)Oc1nc(CN)ccc1OC1CC1. The van der Waals surface area contributed by atoms with E-state index in [1.807, 2.05) is 32.9 Å². The first-order valence-electron chi connectivity index (χ1n) is 6.03. The van der Waals surface area contributed by atoms with Crippen LogP contribution >= 0.6 is 0 Å². The van der Waals surface area contributed by atoms with Crippen LogP contribution in [-0.2, 0) is 6.54 Å². The molecule has 1 aromatic heterocycles. The Morgan fingerprint density at radius 1 is 1.35 bits per heavy atom. The van der Waals surface area contributed by atoms with Crippen LogP contribution in [0.2, 0.25) is 0 Å². The molecule has 0 saturated heterocycles. The third-order valence-electron chi connectivity index (χ3n) is 2.31.